The van der Waals surface area contributed by atoms with Crippen molar-refractivity contribution in [2.75, 3.05) is 39.6 Å². The Morgan fingerprint density at radius 2 is 2.00 bits per heavy atom. The average Bonchev–Trinajstić information content (AvgIpc) is 3.50. The molecular weight excluding hydrogens is 496 g/mol. The lowest BCUT2D eigenvalue weighted by Gasteiger charge is -2.33. The van der Waals surface area contributed by atoms with E-state index in [0.717, 1.165) is 54.0 Å². The Morgan fingerprint density at radius 3 is 2.84 bits per heavy atom. The number of fused-ring (bicyclic) bond motifs is 2. The van der Waals surface area contributed by atoms with Crippen molar-refractivity contribution in [1.82, 2.24) is 19.4 Å². The molecule has 2 aromatic carbocycles. The number of para-hydroxylation sites is 2. The quantitative estimate of drug-likeness (QED) is 0.535. The van der Waals surface area contributed by atoms with Gasteiger partial charge in [0.15, 0.2) is 11.5 Å². The van der Waals surface area contributed by atoms with Gasteiger partial charge in [-0.15, -0.1) is 0 Å². The van der Waals surface area contributed by atoms with Crippen molar-refractivity contribution in [3.05, 3.63) is 63.5 Å². The first-order valence-corrected chi connectivity index (χ1v) is 13.0. The molecule has 1 fully saturated rings. The summed E-state index contributed by atoms with van der Waals surface area (Å²) in [7, 11) is 0. The van der Waals surface area contributed by atoms with Crippen LogP contribution in [0.4, 0.5) is 4.79 Å². The van der Waals surface area contributed by atoms with Gasteiger partial charge in [0.05, 0.1) is 17.6 Å². The number of carbonyl (C=O) groups excluding carboxylic acids is 1. The topological polar surface area (TPSA) is 89.0 Å². The van der Waals surface area contributed by atoms with Crippen LogP contribution in [0.3, 0.4) is 0 Å². The number of aromatic amines is 1. The molecule has 0 spiro atoms. The second-order valence-electron chi connectivity index (χ2n) is 9.79. The van der Waals surface area contributed by atoms with Crippen molar-refractivity contribution in [2.24, 2.45) is 5.92 Å². The van der Waals surface area contributed by atoms with E-state index in [1.807, 2.05) is 42.5 Å². The first kappa shape index (κ1) is 23.9. The molecule has 0 aliphatic carbocycles. The molecule has 1 aromatic heterocycles. The molecule has 1 saturated heterocycles. The van der Waals surface area contributed by atoms with Crippen LogP contribution in [-0.4, -0.2) is 65.0 Å². The van der Waals surface area contributed by atoms with Crippen molar-refractivity contribution < 1.29 is 19.0 Å². The van der Waals surface area contributed by atoms with Gasteiger partial charge in [-0.2, -0.15) is 0 Å². The Bertz CT molecular complexity index is 1410. The van der Waals surface area contributed by atoms with Crippen molar-refractivity contribution in [1.29, 1.82) is 0 Å². The van der Waals surface area contributed by atoms with Gasteiger partial charge in [0.25, 0.3) is 0 Å². The molecule has 0 saturated carbocycles. The van der Waals surface area contributed by atoms with Crippen LogP contribution in [0.1, 0.15) is 24.8 Å². The molecule has 1 N–H and O–H groups in total. The monoisotopic (exact) mass is 524 g/mol. The molecule has 1 atom stereocenters. The fourth-order valence-corrected chi connectivity index (χ4v) is 5.61. The Morgan fingerprint density at radius 1 is 1.16 bits per heavy atom. The Labute approximate surface area is 219 Å². The summed E-state index contributed by atoms with van der Waals surface area (Å²) in [5.74, 6) is 1.69. The van der Waals surface area contributed by atoms with Crippen LogP contribution in [0.5, 0.6) is 11.5 Å². The van der Waals surface area contributed by atoms with E-state index in [1.165, 1.54) is 0 Å². The maximum absolute atomic E-state index is 12.8. The Balaban J connectivity index is 1.02. The van der Waals surface area contributed by atoms with E-state index < -0.39 is 0 Å². The van der Waals surface area contributed by atoms with E-state index in [-0.39, 0.29) is 24.5 Å². The van der Waals surface area contributed by atoms with Crippen LogP contribution >= 0.6 is 11.6 Å². The second-order valence-corrected chi connectivity index (χ2v) is 10.2. The van der Waals surface area contributed by atoms with Crippen LogP contribution in [0, 0.1) is 5.92 Å². The SMILES string of the molecule is O=C(OCC1CCCN(Cc2cc3c(cc2Cl)OCO3)C1)N1CC=C(n2c(=O)[nH]c3ccccc32)CC1. The molecule has 1 unspecified atom stereocenters. The summed E-state index contributed by atoms with van der Waals surface area (Å²) in [6.45, 7) is 4.07. The molecule has 4 heterocycles. The zero-order valence-corrected chi connectivity index (χ0v) is 21.2. The van der Waals surface area contributed by atoms with Gasteiger partial charge >= 0.3 is 11.8 Å². The van der Waals surface area contributed by atoms with Gasteiger partial charge in [-0.3, -0.25) is 9.47 Å². The van der Waals surface area contributed by atoms with Gasteiger partial charge < -0.3 is 24.1 Å². The zero-order valence-electron chi connectivity index (χ0n) is 20.5. The van der Waals surface area contributed by atoms with Crippen LogP contribution in [0.15, 0.2) is 47.3 Å². The van der Waals surface area contributed by atoms with Gasteiger partial charge in [0.2, 0.25) is 6.79 Å². The molecule has 1 amide bonds. The molecule has 9 nitrogen and oxygen atoms in total. The minimum Gasteiger partial charge on any atom is -0.454 e. The highest BCUT2D eigenvalue weighted by atomic mass is 35.5. The minimum atomic E-state index is -0.308. The van der Waals surface area contributed by atoms with Crippen LogP contribution in [-0.2, 0) is 11.3 Å². The molecule has 10 heteroatoms. The summed E-state index contributed by atoms with van der Waals surface area (Å²) < 4.78 is 18.3. The highest BCUT2D eigenvalue weighted by Gasteiger charge is 2.26. The average molecular weight is 525 g/mol. The summed E-state index contributed by atoms with van der Waals surface area (Å²) in [6.07, 6.45) is 4.28. The van der Waals surface area contributed by atoms with Crippen molar-refractivity contribution >= 4 is 34.4 Å². The second kappa shape index (κ2) is 10.1. The van der Waals surface area contributed by atoms with Crippen molar-refractivity contribution in [3.63, 3.8) is 0 Å². The number of amides is 1. The Kier molecular flexibility index (Phi) is 6.56. The molecule has 194 valence electrons. The number of aromatic nitrogens is 2. The number of hydrogen-bond acceptors (Lipinski definition) is 6. The van der Waals surface area contributed by atoms with E-state index in [2.05, 4.69) is 9.88 Å². The summed E-state index contributed by atoms with van der Waals surface area (Å²) in [4.78, 5) is 32.2. The molecule has 0 bridgehead atoms. The molecule has 3 aliphatic rings. The maximum atomic E-state index is 12.8. The van der Waals surface area contributed by atoms with Gasteiger partial charge in [-0.25, -0.2) is 9.59 Å². The standard InChI is InChI=1S/C27H29ClN4O5/c28-21-13-25-24(36-17-37-25)12-19(21)15-30-9-3-4-18(14-30)16-35-27(34)31-10-7-20(8-11-31)32-23-6-2-1-5-22(23)29-26(32)33/h1-2,5-7,12-13,18H,3-4,8-11,14-17H2,(H,29,33). The largest absolute Gasteiger partial charge is 0.454 e. The number of carbonyl (C=O) groups is 1. The number of nitrogens with one attached hydrogen (secondary N) is 1. The first-order valence-electron chi connectivity index (χ1n) is 12.7. The fourth-order valence-electron chi connectivity index (χ4n) is 5.40. The number of imidazole rings is 1. The predicted molar refractivity (Wildman–Crippen MR) is 140 cm³/mol. The number of H-pyrrole nitrogens is 1. The number of benzene rings is 2. The lowest BCUT2D eigenvalue weighted by molar-refractivity contribution is 0.0654. The number of piperidine rings is 1. The normalized spacial score (nSPS) is 19.8. The van der Waals surface area contributed by atoms with E-state index in [9.17, 15) is 9.59 Å². The van der Waals surface area contributed by atoms with E-state index in [1.54, 1.807) is 9.47 Å². The molecule has 3 aromatic rings. The van der Waals surface area contributed by atoms with Gasteiger partial charge in [-0.05, 0) is 49.2 Å². The maximum Gasteiger partial charge on any atom is 0.410 e. The third-order valence-corrected chi connectivity index (χ3v) is 7.65. The van der Waals surface area contributed by atoms with Crippen molar-refractivity contribution in [3.8, 4) is 11.5 Å². The summed E-state index contributed by atoms with van der Waals surface area (Å²) in [6, 6.07) is 11.4. The molecule has 6 rings (SSSR count). The molecule has 0 radical (unpaired) electrons. The van der Waals surface area contributed by atoms with Crippen molar-refractivity contribution in [2.45, 2.75) is 25.8 Å². The predicted octanol–water partition coefficient (Wildman–Crippen LogP) is 4.31. The third-order valence-electron chi connectivity index (χ3n) is 7.30. The number of ether oxygens (including phenoxy) is 3. The van der Waals surface area contributed by atoms with Gasteiger partial charge in [0, 0.05) is 55.3 Å². The first-order chi connectivity index (χ1) is 18.0. The smallest absolute Gasteiger partial charge is 0.410 e. The highest BCUT2D eigenvalue weighted by Crippen LogP contribution is 2.37. The highest BCUT2D eigenvalue weighted by molar-refractivity contribution is 6.31. The summed E-state index contributed by atoms with van der Waals surface area (Å²) in [5, 5.41) is 0.672. The molecule has 3 aliphatic heterocycles. The van der Waals surface area contributed by atoms with Crippen LogP contribution in [0.25, 0.3) is 16.7 Å². The van der Waals surface area contributed by atoms with Gasteiger partial charge in [0.1, 0.15) is 0 Å². The molecule has 37 heavy (non-hydrogen) atoms. The lowest BCUT2D eigenvalue weighted by atomic mass is 9.98. The third kappa shape index (κ3) is 4.93. The number of rotatable bonds is 5. The minimum absolute atomic E-state index is 0.160. The lowest BCUT2D eigenvalue weighted by Crippen LogP contribution is -2.40. The van der Waals surface area contributed by atoms with Crippen LogP contribution < -0.4 is 15.2 Å². The number of nitrogens with zero attached hydrogens (tertiary/aromatic N) is 3. The molecular formula is C27H29ClN4O5. The summed E-state index contributed by atoms with van der Waals surface area (Å²) >= 11 is 6.47. The fraction of sp³-hybridized carbons (Fsp3) is 0.407. The summed E-state index contributed by atoms with van der Waals surface area (Å²) in [5.41, 5.74) is 3.40. The number of likely N-dealkylation sites (tertiary alicyclic amines) is 1. The van der Waals surface area contributed by atoms with Gasteiger partial charge in [-0.1, -0.05) is 23.7 Å². The van der Waals surface area contributed by atoms with E-state index in [4.69, 9.17) is 25.8 Å². The number of hydrogen-bond donors (Lipinski definition) is 1. The van der Waals surface area contributed by atoms with E-state index >= 15 is 0 Å². The zero-order chi connectivity index (χ0) is 25.4. The van der Waals surface area contributed by atoms with Crippen LogP contribution in [0.2, 0.25) is 5.02 Å². The Hall–Kier alpha value is -3.43. The number of halogens is 1. The van der Waals surface area contributed by atoms with E-state index in [0.29, 0.717) is 43.4 Å².